The zero-order valence-electron chi connectivity index (χ0n) is 11.2. The first-order chi connectivity index (χ1) is 8.65. The largest absolute Gasteiger partial charge is 0.493 e. The van der Waals surface area contributed by atoms with E-state index >= 15 is 0 Å². The number of hydrogen-bond acceptors (Lipinski definition) is 1. The van der Waals surface area contributed by atoms with Crippen LogP contribution in [0.4, 0.5) is 4.39 Å². The van der Waals surface area contributed by atoms with Gasteiger partial charge in [-0.15, -0.1) is 0 Å². The molecule has 0 radical (unpaired) electrons. The quantitative estimate of drug-likeness (QED) is 0.600. The second-order valence-electron chi connectivity index (χ2n) is 4.88. The van der Waals surface area contributed by atoms with Gasteiger partial charge in [0, 0.05) is 16.8 Å². The second-order valence-corrected chi connectivity index (χ2v) is 5.44. The highest BCUT2D eigenvalue weighted by atomic mass is 79.9. The van der Waals surface area contributed by atoms with Gasteiger partial charge in [0.2, 0.25) is 0 Å². The van der Waals surface area contributed by atoms with Crippen LogP contribution < -0.4 is 4.74 Å². The minimum atomic E-state index is -0.247. The highest BCUT2D eigenvalue weighted by Crippen LogP contribution is 2.33. The predicted molar refractivity (Wildman–Crippen MR) is 77.9 cm³/mol. The van der Waals surface area contributed by atoms with E-state index in [1.165, 1.54) is 12.1 Å². The van der Waals surface area contributed by atoms with Crippen LogP contribution in [0, 0.1) is 11.2 Å². The van der Waals surface area contributed by atoms with E-state index < -0.39 is 0 Å². The topological polar surface area (TPSA) is 9.23 Å². The summed E-state index contributed by atoms with van der Waals surface area (Å²) in [7, 11) is 0. The molecule has 3 heteroatoms. The Bertz CT molecular complexity index is 348. The van der Waals surface area contributed by atoms with Crippen LogP contribution in [0.2, 0.25) is 0 Å². The molecule has 0 N–H and O–H groups in total. The Morgan fingerprint density at radius 3 is 2.39 bits per heavy atom. The molecule has 0 heterocycles. The summed E-state index contributed by atoms with van der Waals surface area (Å²) in [6.07, 6.45) is 4.53. The maximum atomic E-state index is 13.1. The third kappa shape index (κ3) is 4.60. The molecule has 0 fully saturated rings. The Morgan fingerprint density at radius 1 is 1.22 bits per heavy atom. The van der Waals surface area contributed by atoms with Crippen molar-refractivity contribution in [1.82, 2.24) is 0 Å². The molecule has 0 saturated carbocycles. The molecule has 1 aromatic carbocycles. The summed E-state index contributed by atoms with van der Waals surface area (Å²) in [4.78, 5) is 0. The minimum absolute atomic E-state index is 0.163. The molecule has 0 unspecified atom stereocenters. The van der Waals surface area contributed by atoms with Gasteiger partial charge < -0.3 is 4.74 Å². The summed E-state index contributed by atoms with van der Waals surface area (Å²) in [5.41, 5.74) is 0.163. The van der Waals surface area contributed by atoms with Gasteiger partial charge in [-0.1, -0.05) is 48.7 Å². The van der Waals surface area contributed by atoms with Crippen LogP contribution in [0.3, 0.4) is 0 Å². The fourth-order valence-electron chi connectivity index (χ4n) is 2.30. The van der Waals surface area contributed by atoms with Gasteiger partial charge in [-0.2, -0.15) is 0 Å². The van der Waals surface area contributed by atoms with E-state index in [0.29, 0.717) is 12.4 Å². The normalized spacial score (nSPS) is 11.6. The molecule has 1 nitrogen and oxygen atoms in total. The van der Waals surface area contributed by atoms with Crippen LogP contribution in [0.15, 0.2) is 24.3 Å². The van der Waals surface area contributed by atoms with Crippen molar-refractivity contribution in [3.63, 3.8) is 0 Å². The first kappa shape index (κ1) is 15.5. The molecule has 102 valence electrons. The molecule has 0 aliphatic heterocycles. The molecular formula is C15H22BrFO. The van der Waals surface area contributed by atoms with E-state index in [2.05, 4.69) is 29.8 Å². The van der Waals surface area contributed by atoms with Crippen LogP contribution in [0.1, 0.15) is 39.5 Å². The van der Waals surface area contributed by atoms with Gasteiger partial charge in [-0.3, -0.25) is 0 Å². The SMILES string of the molecule is CCCC(CBr)(CCC)COc1cccc(F)c1. The Hall–Kier alpha value is -0.570. The Morgan fingerprint density at radius 2 is 1.89 bits per heavy atom. The van der Waals surface area contributed by atoms with Gasteiger partial charge in [0.15, 0.2) is 0 Å². The monoisotopic (exact) mass is 316 g/mol. The summed E-state index contributed by atoms with van der Waals surface area (Å²) < 4.78 is 18.9. The van der Waals surface area contributed by atoms with E-state index in [0.717, 1.165) is 31.0 Å². The molecule has 0 aliphatic carbocycles. The van der Waals surface area contributed by atoms with Gasteiger partial charge in [-0.25, -0.2) is 4.39 Å². The minimum Gasteiger partial charge on any atom is -0.493 e. The average molecular weight is 317 g/mol. The standard InChI is InChI=1S/C15H22BrFO/c1-3-8-15(11-16,9-4-2)12-18-14-7-5-6-13(17)10-14/h5-7,10H,3-4,8-9,11-12H2,1-2H3. The zero-order valence-corrected chi connectivity index (χ0v) is 12.8. The molecule has 18 heavy (non-hydrogen) atoms. The molecule has 0 amide bonds. The molecule has 1 aromatic rings. The van der Waals surface area contributed by atoms with Crippen molar-refractivity contribution < 1.29 is 9.13 Å². The van der Waals surface area contributed by atoms with Crippen LogP contribution in [0.25, 0.3) is 0 Å². The molecule has 0 spiro atoms. The molecule has 0 atom stereocenters. The van der Waals surface area contributed by atoms with Gasteiger partial charge in [0.1, 0.15) is 11.6 Å². The van der Waals surface area contributed by atoms with E-state index in [1.807, 2.05) is 0 Å². The molecule has 0 aromatic heterocycles. The Kier molecular flexibility index (Phi) is 6.69. The molecule has 0 aliphatic rings. The van der Waals surface area contributed by atoms with Crippen molar-refractivity contribution in [2.45, 2.75) is 39.5 Å². The van der Waals surface area contributed by atoms with Crippen molar-refractivity contribution in [2.24, 2.45) is 5.41 Å². The lowest BCUT2D eigenvalue weighted by Crippen LogP contribution is -2.30. The predicted octanol–water partition coefficient (Wildman–Crippen LogP) is 5.19. The summed E-state index contributed by atoms with van der Waals surface area (Å²) in [5.74, 6) is 0.371. The van der Waals surface area contributed by atoms with Crippen molar-refractivity contribution in [3.05, 3.63) is 30.1 Å². The maximum Gasteiger partial charge on any atom is 0.126 e. The third-order valence-corrected chi connectivity index (χ3v) is 4.37. The number of rotatable bonds is 8. The van der Waals surface area contributed by atoms with Crippen LogP contribution in [-0.4, -0.2) is 11.9 Å². The van der Waals surface area contributed by atoms with Gasteiger partial charge >= 0.3 is 0 Å². The molecular weight excluding hydrogens is 295 g/mol. The first-order valence-electron chi connectivity index (χ1n) is 6.60. The molecule has 0 bridgehead atoms. The lowest BCUT2D eigenvalue weighted by molar-refractivity contribution is 0.144. The lowest BCUT2D eigenvalue weighted by atomic mass is 9.82. The number of hydrogen-bond donors (Lipinski definition) is 0. The molecule has 1 rings (SSSR count). The van der Waals surface area contributed by atoms with Crippen molar-refractivity contribution in [2.75, 3.05) is 11.9 Å². The summed E-state index contributed by atoms with van der Waals surface area (Å²) >= 11 is 3.61. The molecule has 0 saturated heterocycles. The maximum absolute atomic E-state index is 13.1. The van der Waals surface area contributed by atoms with Gasteiger partial charge in [0.05, 0.1) is 6.61 Å². The number of ether oxygens (including phenoxy) is 1. The fraction of sp³-hybridized carbons (Fsp3) is 0.600. The smallest absolute Gasteiger partial charge is 0.126 e. The second kappa shape index (κ2) is 7.78. The zero-order chi connectivity index (χ0) is 13.4. The highest BCUT2D eigenvalue weighted by Gasteiger charge is 2.28. The third-order valence-electron chi connectivity index (χ3n) is 3.19. The van der Waals surface area contributed by atoms with E-state index in [9.17, 15) is 4.39 Å². The number of halogens is 2. The van der Waals surface area contributed by atoms with Crippen LogP contribution in [-0.2, 0) is 0 Å². The average Bonchev–Trinajstić information content (AvgIpc) is 2.37. The Balaban J connectivity index is 2.66. The fourth-order valence-corrected chi connectivity index (χ4v) is 3.02. The number of alkyl halides is 1. The van der Waals surface area contributed by atoms with Crippen LogP contribution in [0.5, 0.6) is 5.75 Å². The first-order valence-corrected chi connectivity index (χ1v) is 7.72. The Labute approximate surface area is 118 Å². The van der Waals surface area contributed by atoms with E-state index in [4.69, 9.17) is 4.74 Å². The van der Waals surface area contributed by atoms with Crippen molar-refractivity contribution in [1.29, 1.82) is 0 Å². The lowest BCUT2D eigenvalue weighted by Gasteiger charge is -2.31. The number of benzene rings is 1. The summed E-state index contributed by atoms with van der Waals surface area (Å²) in [5, 5.41) is 0.928. The van der Waals surface area contributed by atoms with E-state index in [1.54, 1.807) is 12.1 Å². The van der Waals surface area contributed by atoms with E-state index in [-0.39, 0.29) is 11.2 Å². The van der Waals surface area contributed by atoms with Gasteiger partial charge in [-0.05, 0) is 25.0 Å². The van der Waals surface area contributed by atoms with Crippen LogP contribution >= 0.6 is 15.9 Å². The summed E-state index contributed by atoms with van der Waals surface area (Å²) in [6, 6.07) is 6.36. The van der Waals surface area contributed by atoms with Crippen molar-refractivity contribution >= 4 is 15.9 Å². The summed E-state index contributed by atoms with van der Waals surface area (Å²) in [6.45, 7) is 5.02. The van der Waals surface area contributed by atoms with Gasteiger partial charge in [0.25, 0.3) is 0 Å². The highest BCUT2D eigenvalue weighted by molar-refractivity contribution is 9.09. The van der Waals surface area contributed by atoms with Crippen molar-refractivity contribution in [3.8, 4) is 5.75 Å².